The molecule has 2 fully saturated rings. The van der Waals surface area contributed by atoms with Crippen LogP contribution >= 0.6 is 0 Å². The minimum absolute atomic E-state index is 0.0512. The van der Waals surface area contributed by atoms with Gasteiger partial charge < -0.3 is 29.3 Å². The predicted octanol–water partition coefficient (Wildman–Crippen LogP) is 2.79. The van der Waals surface area contributed by atoms with E-state index >= 15 is 0 Å². The lowest BCUT2D eigenvalue weighted by Gasteiger charge is -2.40. The Labute approximate surface area is 216 Å². The van der Waals surface area contributed by atoms with Crippen LogP contribution in [0.1, 0.15) is 36.6 Å². The minimum Gasteiger partial charge on any atom is -0.465 e. The fourth-order valence-electron chi connectivity index (χ4n) is 5.26. The summed E-state index contributed by atoms with van der Waals surface area (Å²) >= 11 is 0. The minimum atomic E-state index is -0.988. The number of rotatable bonds is 6. The van der Waals surface area contributed by atoms with Crippen LogP contribution in [0.5, 0.6) is 6.01 Å². The first-order valence-electron chi connectivity index (χ1n) is 12.8. The van der Waals surface area contributed by atoms with E-state index in [0.29, 0.717) is 43.8 Å². The SMILES string of the molecule is C[C@H]1CN(C(=O)OCc2ccccc2)CCN1c1nc(OC[C@@H]2CCCN2C)nc2c1CN(C(=O)O)C2. The number of carbonyl (C=O) groups excluding carboxylic acids is 1. The molecule has 3 aliphatic rings. The fraction of sp³-hybridized carbons (Fsp3) is 0.538. The van der Waals surface area contributed by atoms with Crippen LogP contribution in [0.15, 0.2) is 30.3 Å². The number of piperazine rings is 1. The van der Waals surface area contributed by atoms with E-state index in [1.165, 1.54) is 4.90 Å². The molecular weight excluding hydrogens is 476 g/mol. The second-order valence-electron chi connectivity index (χ2n) is 10.0. The van der Waals surface area contributed by atoms with Gasteiger partial charge in [0.25, 0.3) is 0 Å². The summed E-state index contributed by atoms with van der Waals surface area (Å²) in [6.45, 7) is 5.74. The number of likely N-dealkylation sites (N-methyl/N-ethyl adjacent to an activating group) is 1. The van der Waals surface area contributed by atoms with Gasteiger partial charge in [0, 0.05) is 37.3 Å². The van der Waals surface area contributed by atoms with E-state index in [2.05, 4.69) is 21.8 Å². The first kappa shape index (κ1) is 25.1. The second kappa shape index (κ2) is 10.8. The second-order valence-corrected chi connectivity index (χ2v) is 10.0. The number of likely N-dealkylation sites (tertiary alicyclic amines) is 1. The fourth-order valence-corrected chi connectivity index (χ4v) is 5.26. The van der Waals surface area contributed by atoms with Gasteiger partial charge in [0.1, 0.15) is 19.0 Å². The molecule has 0 radical (unpaired) electrons. The van der Waals surface area contributed by atoms with Crippen molar-refractivity contribution in [3.8, 4) is 6.01 Å². The van der Waals surface area contributed by atoms with E-state index < -0.39 is 6.09 Å². The van der Waals surface area contributed by atoms with Crippen LogP contribution in [0.25, 0.3) is 0 Å². The van der Waals surface area contributed by atoms with Crippen LogP contribution in [0, 0.1) is 0 Å². The van der Waals surface area contributed by atoms with Crippen molar-refractivity contribution in [1.82, 2.24) is 24.7 Å². The number of anilines is 1. The molecule has 2 atom stereocenters. The maximum atomic E-state index is 12.7. The predicted molar refractivity (Wildman–Crippen MR) is 135 cm³/mol. The van der Waals surface area contributed by atoms with Crippen molar-refractivity contribution in [2.45, 2.75) is 51.5 Å². The van der Waals surface area contributed by atoms with Crippen molar-refractivity contribution in [2.75, 3.05) is 44.7 Å². The van der Waals surface area contributed by atoms with Gasteiger partial charge in [0.05, 0.1) is 18.8 Å². The van der Waals surface area contributed by atoms with Crippen LogP contribution in [-0.2, 0) is 24.4 Å². The lowest BCUT2D eigenvalue weighted by molar-refractivity contribution is 0.0897. The molecule has 0 spiro atoms. The monoisotopic (exact) mass is 510 g/mol. The Hall–Kier alpha value is -3.60. The number of hydrogen-bond donors (Lipinski definition) is 1. The molecule has 3 aliphatic heterocycles. The summed E-state index contributed by atoms with van der Waals surface area (Å²) in [6.07, 6.45) is 0.882. The van der Waals surface area contributed by atoms with Crippen LogP contribution in [0.4, 0.5) is 15.4 Å². The molecule has 37 heavy (non-hydrogen) atoms. The highest BCUT2D eigenvalue weighted by Gasteiger charge is 2.35. The third kappa shape index (κ3) is 5.56. The number of aromatic nitrogens is 2. The molecule has 2 amide bonds. The summed E-state index contributed by atoms with van der Waals surface area (Å²) in [7, 11) is 2.09. The van der Waals surface area contributed by atoms with Crippen molar-refractivity contribution < 1.29 is 24.2 Å². The molecule has 1 aromatic heterocycles. The average Bonchev–Trinajstić information content (AvgIpc) is 3.52. The summed E-state index contributed by atoms with van der Waals surface area (Å²) in [5.41, 5.74) is 2.43. The lowest BCUT2D eigenvalue weighted by Crippen LogP contribution is -2.54. The summed E-state index contributed by atoms with van der Waals surface area (Å²) in [6, 6.07) is 10.2. The number of amides is 2. The molecule has 11 nitrogen and oxygen atoms in total. The van der Waals surface area contributed by atoms with E-state index in [-0.39, 0.29) is 37.8 Å². The normalized spacial score (nSPS) is 21.7. The molecule has 1 aromatic carbocycles. The Morgan fingerprint density at radius 2 is 1.89 bits per heavy atom. The summed E-state index contributed by atoms with van der Waals surface area (Å²) in [4.78, 5) is 41.2. The maximum absolute atomic E-state index is 12.7. The molecule has 4 heterocycles. The zero-order valence-corrected chi connectivity index (χ0v) is 21.4. The maximum Gasteiger partial charge on any atom is 0.410 e. The zero-order chi connectivity index (χ0) is 25.9. The third-order valence-electron chi connectivity index (χ3n) is 7.45. The Kier molecular flexibility index (Phi) is 7.31. The summed E-state index contributed by atoms with van der Waals surface area (Å²) in [5, 5.41) is 9.58. The van der Waals surface area contributed by atoms with E-state index in [4.69, 9.17) is 14.5 Å². The number of hydrogen-bond acceptors (Lipinski definition) is 8. The smallest absolute Gasteiger partial charge is 0.410 e. The highest BCUT2D eigenvalue weighted by Crippen LogP contribution is 2.33. The molecule has 11 heteroatoms. The number of benzene rings is 1. The number of carboxylic acid groups (broad SMARTS) is 1. The topological polar surface area (TPSA) is 112 Å². The van der Waals surface area contributed by atoms with E-state index in [1.54, 1.807) is 4.90 Å². The van der Waals surface area contributed by atoms with Gasteiger partial charge in [-0.05, 0) is 38.9 Å². The standard InChI is InChI=1S/C26H34N6O5/c1-18-13-30(26(35)37-16-19-7-4-3-5-8-19)11-12-32(18)23-21-14-31(25(33)34)15-22(21)27-24(28-23)36-17-20-9-6-10-29(20)2/h3-5,7-8,18,20H,6,9-17H2,1-2H3,(H,33,34)/t18-,20-/m0/s1. The van der Waals surface area contributed by atoms with E-state index in [0.717, 1.165) is 30.5 Å². The van der Waals surface area contributed by atoms with Crippen LogP contribution in [-0.4, -0.2) is 93.9 Å². The molecule has 0 saturated carbocycles. The Balaban J connectivity index is 1.29. The third-order valence-corrected chi connectivity index (χ3v) is 7.45. The molecular formula is C26H34N6O5. The molecule has 1 N–H and O–H groups in total. The summed E-state index contributed by atoms with van der Waals surface area (Å²) < 4.78 is 11.6. The lowest BCUT2D eigenvalue weighted by atomic mass is 10.1. The highest BCUT2D eigenvalue weighted by atomic mass is 16.6. The largest absolute Gasteiger partial charge is 0.465 e. The van der Waals surface area contributed by atoms with E-state index in [1.807, 2.05) is 37.3 Å². The van der Waals surface area contributed by atoms with Crippen molar-refractivity contribution in [3.05, 3.63) is 47.2 Å². The average molecular weight is 511 g/mol. The molecule has 2 aromatic rings. The molecule has 198 valence electrons. The molecule has 2 saturated heterocycles. The van der Waals surface area contributed by atoms with Gasteiger partial charge >= 0.3 is 18.2 Å². The first-order valence-corrected chi connectivity index (χ1v) is 12.8. The first-order chi connectivity index (χ1) is 17.9. The van der Waals surface area contributed by atoms with Gasteiger partial charge in [-0.1, -0.05) is 30.3 Å². The summed E-state index contributed by atoms with van der Waals surface area (Å²) in [5.74, 6) is 0.688. The van der Waals surface area contributed by atoms with Crippen LogP contribution < -0.4 is 9.64 Å². The number of fused-ring (bicyclic) bond motifs is 1. The van der Waals surface area contributed by atoms with Crippen LogP contribution in [0.3, 0.4) is 0 Å². The van der Waals surface area contributed by atoms with E-state index in [9.17, 15) is 14.7 Å². The van der Waals surface area contributed by atoms with Gasteiger partial charge in [0.2, 0.25) is 0 Å². The molecule has 0 unspecified atom stereocenters. The van der Waals surface area contributed by atoms with Gasteiger partial charge in [-0.2, -0.15) is 9.97 Å². The molecule has 0 bridgehead atoms. The number of nitrogens with zero attached hydrogens (tertiary/aromatic N) is 6. The van der Waals surface area contributed by atoms with Crippen molar-refractivity contribution in [1.29, 1.82) is 0 Å². The number of carbonyl (C=O) groups is 2. The van der Waals surface area contributed by atoms with Crippen molar-refractivity contribution in [3.63, 3.8) is 0 Å². The number of ether oxygens (including phenoxy) is 2. The molecule has 0 aliphatic carbocycles. The highest BCUT2D eigenvalue weighted by molar-refractivity contribution is 5.69. The van der Waals surface area contributed by atoms with Gasteiger partial charge in [0.15, 0.2) is 0 Å². The van der Waals surface area contributed by atoms with Crippen LogP contribution in [0.2, 0.25) is 0 Å². The van der Waals surface area contributed by atoms with Crippen molar-refractivity contribution >= 4 is 18.0 Å². The Morgan fingerprint density at radius 1 is 1.08 bits per heavy atom. The Morgan fingerprint density at radius 3 is 2.59 bits per heavy atom. The quantitative estimate of drug-likeness (QED) is 0.627. The molecule has 5 rings (SSSR count). The van der Waals surface area contributed by atoms with Gasteiger partial charge in [-0.25, -0.2) is 9.59 Å². The zero-order valence-electron chi connectivity index (χ0n) is 21.4. The Bertz CT molecular complexity index is 1130. The van der Waals surface area contributed by atoms with Crippen molar-refractivity contribution in [2.24, 2.45) is 0 Å². The van der Waals surface area contributed by atoms with Gasteiger partial charge in [-0.3, -0.25) is 4.90 Å². The van der Waals surface area contributed by atoms with Gasteiger partial charge in [-0.15, -0.1) is 0 Å².